The highest BCUT2D eigenvalue weighted by Gasteiger charge is 2.30. The second kappa shape index (κ2) is 9.58. The smallest absolute Gasteiger partial charge is 0.416 e. The van der Waals surface area contributed by atoms with Gasteiger partial charge in [0, 0.05) is 5.69 Å². The van der Waals surface area contributed by atoms with Crippen LogP contribution >= 0.6 is 0 Å². The van der Waals surface area contributed by atoms with Gasteiger partial charge in [0.2, 0.25) is 11.8 Å². The minimum atomic E-state index is -4.53. The average Bonchev–Trinajstić information content (AvgIpc) is 2.67. The molecule has 0 spiro atoms. The van der Waals surface area contributed by atoms with Gasteiger partial charge >= 0.3 is 6.18 Å². The fraction of sp³-hybridized carbons (Fsp3) is 0.211. The van der Waals surface area contributed by atoms with E-state index in [2.05, 4.69) is 15.8 Å². The Bertz CT molecular complexity index is 914. The van der Waals surface area contributed by atoms with Crippen molar-refractivity contribution in [2.45, 2.75) is 12.6 Å². The lowest BCUT2D eigenvalue weighted by Crippen LogP contribution is -2.24. The van der Waals surface area contributed by atoms with Crippen molar-refractivity contribution < 1.29 is 32.2 Å². The van der Waals surface area contributed by atoms with Crippen LogP contribution in [-0.4, -0.2) is 32.2 Å². The van der Waals surface area contributed by atoms with Crippen molar-refractivity contribution in [2.75, 3.05) is 19.5 Å². The highest BCUT2D eigenvalue weighted by atomic mass is 19.4. The number of rotatable bonds is 7. The Morgan fingerprint density at radius 1 is 1.03 bits per heavy atom. The van der Waals surface area contributed by atoms with E-state index in [-0.39, 0.29) is 5.69 Å². The summed E-state index contributed by atoms with van der Waals surface area (Å²) in [6.07, 6.45) is -3.80. The lowest BCUT2D eigenvalue weighted by atomic mass is 10.2. The first-order valence-corrected chi connectivity index (χ1v) is 8.24. The SMILES string of the molecule is COc1ccc(/C=N/NC(=O)CC(=O)Nc2cccc(C(F)(F)F)c2)cc1OC. The summed E-state index contributed by atoms with van der Waals surface area (Å²) < 4.78 is 48.3. The van der Waals surface area contributed by atoms with Gasteiger partial charge in [0.25, 0.3) is 0 Å². The maximum Gasteiger partial charge on any atom is 0.416 e. The van der Waals surface area contributed by atoms with Gasteiger partial charge in [0.15, 0.2) is 11.5 Å². The molecule has 7 nitrogen and oxygen atoms in total. The first-order chi connectivity index (χ1) is 13.7. The first-order valence-electron chi connectivity index (χ1n) is 8.24. The Morgan fingerprint density at radius 2 is 1.76 bits per heavy atom. The molecule has 10 heteroatoms. The number of nitrogens with zero attached hydrogens (tertiary/aromatic N) is 1. The van der Waals surface area contributed by atoms with E-state index < -0.39 is 30.0 Å². The van der Waals surface area contributed by atoms with Crippen LogP contribution in [0.15, 0.2) is 47.6 Å². The molecule has 0 aliphatic heterocycles. The number of carbonyl (C=O) groups excluding carboxylic acids is 2. The third-order valence-corrected chi connectivity index (χ3v) is 3.61. The number of halogens is 3. The topological polar surface area (TPSA) is 89.0 Å². The van der Waals surface area contributed by atoms with Crippen LogP contribution in [0.3, 0.4) is 0 Å². The van der Waals surface area contributed by atoms with Gasteiger partial charge in [0.05, 0.1) is 26.0 Å². The zero-order valence-corrected chi connectivity index (χ0v) is 15.5. The Morgan fingerprint density at radius 3 is 2.41 bits per heavy atom. The standard InChI is InChI=1S/C19H18F3N3O4/c1-28-15-7-6-12(8-16(15)29-2)11-23-25-18(27)10-17(26)24-14-5-3-4-13(9-14)19(20,21)22/h3-9,11H,10H2,1-2H3,(H,24,26)(H,25,27)/b23-11+. The lowest BCUT2D eigenvalue weighted by Gasteiger charge is -2.09. The van der Waals surface area contributed by atoms with Crippen molar-refractivity contribution in [1.82, 2.24) is 5.43 Å². The molecule has 0 aliphatic carbocycles. The molecule has 2 N–H and O–H groups in total. The molecule has 2 aromatic rings. The van der Waals surface area contributed by atoms with E-state index in [1.54, 1.807) is 18.2 Å². The summed E-state index contributed by atoms with van der Waals surface area (Å²) in [5, 5.41) is 5.97. The number of hydrogen-bond acceptors (Lipinski definition) is 5. The van der Waals surface area contributed by atoms with Crippen LogP contribution in [0, 0.1) is 0 Å². The molecule has 0 saturated carbocycles. The highest BCUT2D eigenvalue weighted by molar-refractivity contribution is 6.03. The van der Waals surface area contributed by atoms with Gasteiger partial charge in [0.1, 0.15) is 6.42 Å². The van der Waals surface area contributed by atoms with Crippen molar-refractivity contribution in [3.05, 3.63) is 53.6 Å². The molecule has 0 unspecified atom stereocenters. The number of methoxy groups -OCH3 is 2. The number of hydrazone groups is 1. The van der Waals surface area contributed by atoms with Gasteiger partial charge in [-0.1, -0.05) is 6.07 Å². The van der Waals surface area contributed by atoms with Crippen molar-refractivity contribution in [1.29, 1.82) is 0 Å². The summed E-state index contributed by atoms with van der Waals surface area (Å²) in [5.41, 5.74) is 1.81. The summed E-state index contributed by atoms with van der Waals surface area (Å²) in [5.74, 6) is -0.502. The molecule has 154 valence electrons. The maximum absolute atomic E-state index is 12.7. The average molecular weight is 409 g/mol. The molecule has 0 saturated heterocycles. The van der Waals surface area contributed by atoms with E-state index >= 15 is 0 Å². The van der Waals surface area contributed by atoms with Gasteiger partial charge in [-0.2, -0.15) is 18.3 Å². The molecule has 2 rings (SSSR count). The maximum atomic E-state index is 12.7. The second-order valence-electron chi connectivity index (χ2n) is 5.71. The summed E-state index contributed by atoms with van der Waals surface area (Å²) in [6, 6.07) is 9.08. The molecule has 2 amide bonds. The van der Waals surface area contributed by atoms with Gasteiger partial charge in [-0.05, 0) is 42.0 Å². The first kappa shape index (κ1) is 21.7. The minimum absolute atomic E-state index is 0.0635. The third-order valence-electron chi connectivity index (χ3n) is 3.61. The summed E-state index contributed by atoms with van der Waals surface area (Å²) in [6.45, 7) is 0. The van der Waals surface area contributed by atoms with E-state index in [9.17, 15) is 22.8 Å². The fourth-order valence-corrected chi connectivity index (χ4v) is 2.28. The monoisotopic (exact) mass is 409 g/mol. The van der Waals surface area contributed by atoms with Gasteiger partial charge in [-0.15, -0.1) is 0 Å². The molecular weight excluding hydrogens is 391 g/mol. The van der Waals surface area contributed by atoms with E-state index in [1.165, 1.54) is 26.5 Å². The molecule has 29 heavy (non-hydrogen) atoms. The zero-order chi connectivity index (χ0) is 21.4. The normalized spacial score (nSPS) is 11.2. The summed E-state index contributed by atoms with van der Waals surface area (Å²) in [7, 11) is 2.97. The number of hydrogen-bond donors (Lipinski definition) is 2. The number of nitrogens with one attached hydrogen (secondary N) is 2. The Hall–Kier alpha value is -3.56. The third kappa shape index (κ3) is 6.52. The van der Waals surface area contributed by atoms with Gasteiger partial charge < -0.3 is 14.8 Å². The van der Waals surface area contributed by atoms with E-state index in [0.717, 1.165) is 18.2 Å². The van der Waals surface area contributed by atoms with Crippen LogP contribution in [0.25, 0.3) is 0 Å². The van der Waals surface area contributed by atoms with E-state index in [4.69, 9.17) is 9.47 Å². The van der Waals surface area contributed by atoms with Crippen LogP contribution in [0.4, 0.5) is 18.9 Å². The van der Waals surface area contributed by atoms with Crippen molar-refractivity contribution in [3.8, 4) is 11.5 Å². The largest absolute Gasteiger partial charge is 0.493 e. The molecule has 2 aromatic carbocycles. The Kier molecular flexibility index (Phi) is 7.18. The van der Waals surface area contributed by atoms with Crippen molar-refractivity contribution >= 4 is 23.7 Å². The van der Waals surface area contributed by atoms with Gasteiger partial charge in [-0.3, -0.25) is 9.59 Å². The quantitative estimate of drug-likeness (QED) is 0.418. The molecule has 0 heterocycles. The molecule has 0 aliphatic rings. The zero-order valence-electron chi connectivity index (χ0n) is 15.5. The number of ether oxygens (including phenoxy) is 2. The van der Waals surface area contributed by atoms with Crippen LogP contribution in [0.5, 0.6) is 11.5 Å². The highest BCUT2D eigenvalue weighted by Crippen LogP contribution is 2.30. The number of benzene rings is 2. The fourth-order valence-electron chi connectivity index (χ4n) is 2.28. The Labute approximate surface area is 164 Å². The number of anilines is 1. The Balaban J connectivity index is 1.89. The molecule has 0 radical (unpaired) electrons. The second-order valence-corrected chi connectivity index (χ2v) is 5.71. The van der Waals surface area contributed by atoms with Crippen LogP contribution in [-0.2, 0) is 15.8 Å². The molecule has 0 fully saturated rings. The predicted molar refractivity (Wildman–Crippen MR) is 100.0 cm³/mol. The van der Waals surface area contributed by atoms with Crippen LogP contribution in [0.2, 0.25) is 0 Å². The van der Waals surface area contributed by atoms with Crippen LogP contribution < -0.4 is 20.2 Å². The van der Waals surface area contributed by atoms with E-state index in [0.29, 0.717) is 17.1 Å². The van der Waals surface area contributed by atoms with Crippen molar-refractivity contribution in [3.63, 3.8) is 0 Å². The van der Waals surface area contributed by atoms with Gasteiger partial charge in [-0.25, -0.2) is 5.43 Å². The number of carbonyl (C=O) groups is 2. The number of amides is 2. The summed E-state index contributed by atoms with van der Waals surface area (Å²) >= 11 is 0. The molecular formula is C19H18F3N3O4. The summed E-state index contributed by atoms with van der Waals surface area (Å²) in [4.78, 5) is 23.6. The lowest BCUT2D eigenvalue weighted by molar-refractivity contribution is -0.137. The predicted octanol–water partition coefficient (Wildman–Crippen LogP) is 3.20. The molecule has 0 aromatic heterocycles. The molecule has 0 bridgehead atoms. The van der Waals surface area contributed by atoms with Crippen molar-refractivity contribution in [2.24, 2.45) is 5.10 Å². The van der Waals surface area contributed by atoms with E-state index in [1.807, 2.05) is 0 Å². The molecule has 0 atom stereocenters. The van der Waals surface area contributed by atoms with Crippen LogP contribution in [0.1, 0.15) is 17.5 Å². The minimum Gasteiger partial charge on any atom is -0.493 e. The number of alkyl halides is 3.